The number of hydrogen-bond acceptors (Lipinski definition) is 4. The number of nitrogens with one attached hydrogen (secondary N) is 1. The van der Waals surface area contributed by atoms with E-state index in [1.165, 1.54) is 6.08 Å². The van der Waals surface area contributed by atoms with Gasteiger partial charge in [-0.3, -0.25) is 4.79 Å². The van der Waals surface area contributed by atoms with Crippen molar-refractivity contribution in [3.05, 3.63) is 139 Å². The zero-order valence-electron chi connectivity index (χ0n) is 22.4. The number of anilines is 1. The second-order valence-electron chi connectivity index (χ2n) is 9.41. The highest BCUT2D eigenvalue weighted by Crippen LogP contribution is 2.32. The molecule has 0 bridgehead atoms. The number of amides is 1. The van der Waals surface area contributed by atoms with E-state index in [0.29, 0.717) is 42.8 Å². The topological polar surface area (TPSA) is 71.3 Å². The van der Waals surface area contributed by atoms with Crippen LogP contribution in [0.15, 0.2) is 103 Å². The molecule has 5 aromatic rings. The Balaban J connectivity index is 1.33. The fraction of sp³-hybridized carbons (Fsp3) is 0.0588. The molecule has 0 aliphatic carbocycles. The molecule has 0 aromatic heterocycles. The molecule has 0 spiro atoms. The number of halogens is 4. The van der Waals surface area contributed by atoms with Crippen molar-refractivity contribution in [1.82, 2.24) is 0 Å². The second-order valence-corrected chi connectivity index (χ2v) is 11.1. The maximum Gasteiger partial charge on any atom is 0.266 e. The van der Waals surface area contributed by atoms with E-state index in [1.807, 2.05) is 48.5 Å². The standard InChI is InChI=1S/C34H22Cl4N2O3/c35-25-8-6-23(31(37)17-25)20-42-27-11-9-26(10-12-27)40-34(41)24(18-39)16-29-28-4-2-1-3-22(28)7-14-33(29)43-19-21-5-13-30(36)32(38)15-21/h1-17H,19-20H2,(H,40,41)/b24-16+. The van der Waals surface area contributed by atoms with Gasteiger partial charge in [-0.25, -0.2) is 0 Å². The van der Waals surface area contributed by atoms with Crippen molar-refractivity contribution in [3.63, 3.8) is 0 Å². The number of fused-ring (bicyclic) bond motifs is 1. The number of nitrogens with zero attached hydrogens (tertiary/aromatic N) is 1. The molecule has 0 atom stereocenters. The van der Waals surface area contributed by atoms with E-state index in [1.54, 1.807) is 54.6 Å². The summed E-state index contributed by atoms with van der Waals surface area (Å²) in [4.78, 5) is 13.2. The summed E-state index contributed by atoms with van der Waals surface area (Å²) in [5, 5.41) is 16.4. The summed E-state index contributed by atoms with van der Waals surface area (Å²) in [6.45, 7) is 0.465. The third-order valence-corrected chi connectivity index (χ3v) is 7.81. The molecule has 0 aliphatic rings. The van der Waals surface area contributed by atoms with Gasteiger partial charge in [-0.15, -0.1) is 0 Å². The lowest BCUT2D eigenvalue weighted by Gasteiger charge is -2.13. The first-order valence-corrected chi connectivity index (χ1v) is 14.5. The van der Waals surface area contributed by atoms with Gasteiger partial charge in [0.1, 0.15) is 36.4 Å². The summed E-state index contributed by atoms with van der Waals surface area (Å²) in [5.41, 5.74) is 2.63. The lowest BCUT2D eigenvalue weighted by atomic mass is 10.0. The Hall–Kier alpha value is -4.18. The summed E-state index contributed by atoms with van der Waals surface area (Å²) >= 11 is 24.4. The molecular formula is C34H22Cl4N2O3. The molecule has 0 saturated carbocycles. The van der Waals surface area contributed by atoms with Gasteiger partial charge in [0, 0.05) is 26.9 Å². The predicted molar refractivity (Wildman–Crippen MR) is 174 cm³/mol. The molecule has 1 amide bonds. The van der Waals surface area contributed by atoms with Gasteiger partial charge >= 0.3 is 0 Å². The van der Waals surface area contributed by atoms with Crippen molar-refractivity contribution in [2.45, 2.75) is 13.2 Å². The third kappa shape index (κ3) is 7.62. The molecule has 0 aliphatic heterocycles. The van der Waals surface area contributed by atoms with Gasteiger partial charge in [-0.2, -0.15) is 5.26 Å². The molecule has 5 rings (SSSR count). The molecule has 9 heteroatoms. The van der Waals surface area contributed by atoms with Crippen molar-refractivity contribution in [2.75, 3.05) is 5.32 Å². The van der Waals surface area contributed by atoms with Crippen LogP contribution in [0.1, 0.15) is 16.7 Å². The zero-order chi connectivity index (χ0) is 30.3. The lowest BCUT2D eigenvalue weighted by Crippen LogP contribution is -2.13. The van der Waals surface area contributed by atoms with E-state index in [9.17, 15) is 10.1 Å². The highest BCUT2D eigenvalue weighted by atomic mass is 35.5. The SMILES string of the molecule is N#C/C(=C\c1c(OCc2ccc(Cl)c(Cl)c2)ccc2ccccc12)C(=O)Nc1ccc(OCc2ccc(Cl)cc2Cl)cc1. The Morgan fingerprint density at radius 3 is 2.33 bits per heavy atom. The predicted octanol–water partition coefficient (Wildman–Crippen LogP) is 10.2. The number of carbonyl (C=O) groups excluding carboxylic acids is 1. The third-order valence-electron chi connectivity index (χ3n) is 6.48. The van der Waals surface area contributed by atoms with Crippen LogP contribution in [0.25, 0.3) is 16.8 Å². The molecule has 5 aromatic carbocycles. The largest absolute Gasteiger partial charge is 0.489 e. The van der Waals surface area contributed by atoms with Crippen molar-refractivity contribution in [1.29, 1.82) is 5.26 Å². The van der Waals surface area contributed by atoms with Crippen LogP contribution in [-0.4, -0.2) is 5.91 Å². The maximum absolute atomic E-state index is 13.2. The van der Waals surface area contributed by atoms with E-state index in [-0.39, 0.29) is 18.8 Å². The number of rotatable bonds is 9. The highest BCUT2D eigenvalue weighted by molar-refractivity contribution is 6.42. The van der Waals surface area contributed by atoms with Gasteiger partial charge in [0.25, 0.3) is 5.91 Å². The van der Waals surface area contributed by atoms with Gasteiger partial charge in [-0.05, 0) is 77.0 Å². The van der Waals surface area contributed by atoms with Crippen LogP contribution in [0.5, 0.6) is 11.5 Å². The number of hydrogen-bond donors (Lipinski definition) is 1. The van der Waals surface area contributed by atoms with E-state index in [0.717, 1.165) is 21.9 Å². The summed E-state index contributed by atoms with van der Waals surface area (Å²) in [6.07, 6.45) is 1.54. The quantitative estimate of drug-likeness (QED) is 0.128. The lowest BCUT2D eigenvalue weighted by molar-refractivity contribution is -0.112. The van der Waals surface area contributed by atoms with Crippen molar-refractivity contribution in [2.24, 2.45) is 0 Å². The van der Waals surface area contributed by atoms with Crippen LogP contribution in [0.2, 0.25) is 20.1 Å². The van der Waals surface area contributed by atoms with Crippen LogP contribution in [0.3, 0.4) is 0 Å². The second kappa shape index (κ2) is 13.9. The number of ether oxygens (including phenoxy) is 2. The Kier molecular flexibility index (Phi) is 9.76. The van der Waals surface area contributed by atoms with E-state index in [2.05, 4.69) is 5.32 Å². The first-order valence-electron chi connectivity index (χ1n) is 13.0. The normalized spacial score (nSPS) is 11.2. The Labute approximate surface area is 268 Å². The number of nitriles is 1. The molecule has 0 unspecified atom stereocenters. The molecular weight excluding hydrogens is 626 g/mol. The summed E-state index contributed by atoms with van der Waals surface area (Å²) in [5.74, 6) is 0.527. The molecule has 214 valence electrons. The van der Waals surface area contributed by atoms with Crippen LogP contribution in [0, 0.1) is 11.3 Å². The van der Waals surface area contributed by atoms with Crippen molar-refractivity contribution in [3.8, 4) is 17.6 Å². The Morgan fingerprint density at radius 1 is 0.791 bits per heavy atom. The van der Waals surface area contributed by atoms with Crippen LogP contribution in [-0.2, 0) is 18.0 Å². The number of carbonyl (C=O) groups is 1. The van der Waals surface area contributed by atoms with Crippen molar-refractivity contribution < 1.29 is 14.3 Å². The summed E-state index contributed by atoms with van der Waals surface area (Å²) in [7, 11) is 0. The van der Waals surface area contributed by atoms with Crippen molar-refractivity contribution >= 4 is 74.8 Å². The average Bonchev–Trinajstić information content (AvgIpc) is 3.01. The van der Waals surface area contributed by atoms with E-state index >= 15 is 0 Å². The van der Waals surface area contributed by atoms with Crippen LogP contribution >= 0.6 is 46.4 Å². The van der Waals surface area contributed by atoms with Gasteiger partial charge in [-0.1, -0.05) is 88.9 Å². The first-order chi connectivity index (χ1) is 20.8. The zero-order valence-corrected chi connectivity index (χ0v) is 25.4. The van der Waals surface area contributed by atoms with Gasteiger partial charge in [0.05, 0.1) is 10.0 Å². The number of benzene rings is 5. The minimum atomic E-state index is -0.563. The molecule has 0 heterocycles. The van der Waals surface area contributed by atoms with Crippen LogP contribution < -0.4 is 14.8 Å². The van der Waals surface area contributed by atoms with Crippen LogP contribution in [0.4, 0.5) is 5.69 Å². The fourth-order valence-electron chi connectivity index (χ4n) is 4.27. The van der Waals surface area contributed by atoms with E-state index in [4.69, 9.17) is 55.9 Å². The smallest absolute Gasteiger partial charge is 0.266 e. The monoisotopic (exact) mass is 646 g/mol. The molecule has 0 saturated heterocycles. The van der Waals surface area contributed by atoms with Gasteiger partial charge in [0.15, 0.2) is 0 Å². The molecule has 0 radical (unpaired) electrons. The minimum Gasteiger partial charge on any atom is -0.489 e. The maximum atomic E-state index is 13.2. The summed E-state index contributed by atoms with van der Waals surface area (Å²) in [6, 6.07) is 30.7. The van der Waals surface area contributed by atoms with Gasteiger partial charge in [0.2, 0.25) is 0 Å². The molecule has 1 N–H and O–H groups in total. The fourth-order valence-corrected chi connectivity index (χ4v) is 5.05. The molecule has 0 fully saturated rings. The molecule has 5 nitrogen and oxygen atoms in total. The summed E-state index contributed by atoms with van der Waals surface area (Å²) < 4.78 is 11.9. The first kappa shape index (κ1) is 30.3. The highest BCUT2D eigenvalue weighted by Gasteiger charge is 2.15. The average molecular weight is 648 g/mol. The Morgan fingerprint density at radius 2 is 1.58 bits per heavy atom. The molecule has 43 heavy (non-hydrogen) atoms. The van der Waals surface area contributed by atoms with E-state index < -0.39 is 5.91 Å². The Bertz CT molecular complexity index is 1880. The van der Waals surface area contributed by atoms with Gasteiger partial charge < -0.3 is 14.8 Å². The minimum absolute atomic E-state index is 0.0894.